The maximum Gasteiger partial charge on any atom is 0.194 e. The van der Waals surface area contributed by atoms with Gasteiger partial charge in [0, 0.05) is 38.4 Å². The maximum absolute atomic E-state index is 4.93. The van der Waals surface area contributed by atoms with Crippen LogP contribution in [0.15, 0.2) is 66.0 Å². The van der Waals surface area contributed by atoms with Gasteiger partial charge in [-0.15, -0.1) is 24.0 Å². The largest absolute Gasteiger partial charge is 0.357 e. The van der Waals surface area contributed by atoms with Gasteiger partial charge in [0.25, 0.3) is 0 Å². The third-order valence-electron chi connectivity index (χ3n) is 5.15. The zero-order chi connectivity index (χ0) is 21.3. The van der Waals surface area contributed by atoms with Crippen LogP contribution < -0.4 is 5.32 Å². The van der Waals surface area contributed by atoms with E-state index in [1.165, 1.54) is 5.56 Å². The summed E-state index contributed by atoms with van der Waals surface area (Å²) < 4.78 is 0. The van der Waals surface area contributed by atoms with Gasteiger partial charge in [-0.3, -0.25) is 9.98 Å². The van der Waals surface area contributed by atoms with Crippen molar-refractivity contribution in [1.82, 2.24) is 25.2 Å². The van der Waals surface area contributed by atoms with Gasteiger partial charge in [0.2, 0.25) is 0 Å². The Kier molecular flexibility index (Phi) is 9.97. The molecule has 0 aliphatic rings. The quantitative estimate of drug-likeness (QED) is 0.245. The van der Waals surface area contributed by atoms with Gasteiger partial charge in [-0.2, -0.15) is 0 Å². The highest BCUT2D eigenvalue weighted by atomic mass is 127. The van der Waals surface area contributed by atoms with Crippen LogP contribution in [-0.4, -0.2) is 45.9 Å². The third-order valence-corrected chi connectivity index (χ3v) is 5.15. The molecule has 0 amide bonds. The summed E-state index contributed by atoms with van der Waals surface area (Å²) in [5, 5.41) is 3.41. The molecule has 1 unspecified atom stereocenters. The molecule has 0 radical (unpaired) electrons. The van der Waals surface area contributed by atoms with Crippen molar-refractivity contribution in [2.24, 2.45) is 10.9 Å². The Hall–Kier alpha value is -2.42. The monoisotopic (exact) mass is 532 g/mol. The number of rotatable bonds is 8. The first-order chi connectivity index (χ1) is 14.6. The van der Waals surface area contributed by atoms with Crippen molar-refractivity contribution in [2.75, 3.05) is 20.1 Å². The first kappa shape index (κ1) is 24.8. The molecular formula is C24H33IN6. The molecule has 2 N–H and O–H groups in total. The highest BCUT2D eigenvalue weighted by Crippen LogP contribution is 2.24. The Labute approximate surface area is 202 Å². The number of hydrogen-bond acceptors (Lipinski definition) is 3. The Balaban J connectivity index is 0.00000341. The molecule has 1 atom stereocenters. The molecule has 3 aromatic rings. The number of imidazole rings is 1. The van der Waals surface area contributed by atoms with Crippen molar-refractivity contribution in [3.63, 3.8) is 0 Å². The van der Waals surface area contributed by atoms with E-state index in [0.29, 0.717) is 24.9 Å². The number of aromatic amines is 1. The topological polar surface area (TPSA) is 69.2 Å². The van der Waals surface area contributed by atoms with Gasteiger partial charge in [-0.25, -0.2) is 4.98 Å². The predicted octanol–water partition coefficient (Wildman–Crippen LogP) is 4.93. The second kappa shape index (κ2) is 12.4. The number of guanidine groups is 1. The molecular weight excluding hydrogens is 499 g/mol. The Bertz CT molecular complexity index is 924. The summed E-state index contributed by atoms with van der Waals surface area (Å²) in [4.78, 5) is 19.3. The normalized spacial score (nSPS) is 12.4. The van der Waals surface area contributed by atoms with Gasteiger partial charge in [0.1, 0.15) is 5.82 Å². The second-order valence-corrected chi connectivity index (χ2v) is 7.80. The number of pyridine rings is 1. The van der Waals surface area contributed by atoms with E-state index in [4.69, 9.17) is 4.99 Å². The lowest BCUT2D eigenvalue weighted by Gasteiger charge is -2.24. The van der Waals surface area contributed by atoms with Crippen molar-refractivity contribution < 1.29 is 0 Å². The van der Waals surface area contributed by atoms with E-state index < -0.39 is 0 Å². The summed E-state index contributed by atoms with van der Waals surface area (Å²) in [5.74, 6) is 2.60. The first-order valence-electron chi connectivity index (χ1n) is 10.6. The maximum atomic E-state index is 4.93. The summed E-state index contributed by atoms with van der Waals surface area (Å²) >= 11 is 0. The minimum atomic E-state index is 0. The van der Waals surface area contributed by atoms with Crippen molar-refractivity contribution in [2.45, 2.75) is 33.2 Å². The molecule has 1 aromatic carbocycles. The lowest BCUT2D eigenvalue weighted by Crippen LogP contribution is -2.39. The van der Waals surface area contributed by atoms with E-state index in [2.05, 4.69) is 64.1 Å². The van der Waals surface area contributed by atoms with Crippen LogP contribution in [0.5, 0.6) is 0 Å². The zero-order valence-corrected chi connectivity index (χ0v) is 21.1. The van der Waals surface area contributed by atoms with Crippen LogP contribution in [0, 0.1) is 5.92 Å². The van der Waals surface area contributed by atoms with E-state index in [0.717, 1.165) is 29.6 Å². The van der Waals surface area contributed by atoms with Gasteiger partial charge in [0.15, 0.2) is 5.96 Å². The van der Waals surface area contributed by atoms with Crippen LogP contribution in [0.4, 0.5) is 0 Å². The molecule has 0 aliphatic carbocycles. The fourth-order valence-corrected chi connectivity index (χ4v) is 3.46. The Morgan fingerprint density at radius 1 is 1.13 bits per heavy atom. The highest BCUT2D eigenvalue weighted by Gasteiger charge is 2.17. The summed E-state index contributed by atoms with van der Waals surface area (Å²) in [6.45, 7) is 8.73. The number of hydrogen-bond donors (Lipinski definition) is 2. The minimum Gasteiger partial charge on any atom is -0.357 e. The van der Waals surface area contributed by atoms with Crippen LogP contribution in [0.2, 0.25) is 0 Å². The summed E-state index contributed by atoms with van der Waals surface area (Å²) in [6.07, 6.45) is 5.65. The van der Waals surface area contributed by atoms with E-state index in [1.807, 2.05) is 49.9 Å². The number of aromatic nitrogens is 3. The van der Waals surface area contributed by atoms with Crippen molar-refractivity contribution in [3.8, 4) is 11.3 Å². The Morgan fingerprint density at radius 2 is 1.90 bits per heavy atom. The predicted molar refractivity (Wildman–Crippen MR) is 139 cm³/mol. The molecule has 31 heavy (non-hydrogen) atoms. The number of aliphatic imine (C=N–C) groups is 1. The molecule has 3 rings (SSSR count). The van der Waals surface area contributed by atoms with Gasteiger partial charge in [-0.05, 0) is 30.0 Å². The zero-order valence-electron chi connectivity index (χ0n) is 18.7. The lowest BCUT2D eigenvalue weighted by molar-refractivity contribution is 0.455. The number of nitrogens with zero attached hydrogens (tertiary/aromatic N) is 4. The average molecular weight is 532 g/mol. The second-order valence-electron chi connectivity index (χ2n) is 7.80. The van der Waals surface area contributed by atoms with Gasteiger partial charge in [-0.1, -0.05) is 50.2 Å². The summed E-state index contributed by atoms with van der Waals surface area (Å²) in [6, 6.07) is 14.4. The Morgan fingerprint density at radius 3 is 2.55 bits per heavy atom. The van der Waals surface area contributed by atoms with Crippen molar-refractivity contribution in [1.29, 1.82) is 0 Å². The molecule has 7 heteroatoms. The van der Waals surface area contributed by atoms with Crippen LogP contribution in [0.3, 0.4) is 0 Å². The highest BCUT2D eigenvalue weighted by molar-refractivity contribution is 14.0. The molecule has 166 valence electrons. The molecule has 0 saturated heterocycles. The number of nitrogens with one attached hydrogen (secondary N) is 2. The molecule has 6 nitrogen and oxygen atoms in total. The average Bonchev–Trinajstić information content (AvgIpc) is 3.22. The van der Waals surface area contributed by atoms with Crippen molar-refractivity contribution in [3.05, 3.63) is 72.4 Å². The van der Waals surface area contributed by atoms with Gasteiger partial charge in [0.05, 0.1) is 18.4 Å². The van der Waals surface area contributed by atoms with E-state index >= 15 is 0 Å². The van der Waals surface area contributed by atoms with Crippen LogP contribution >= 0.6 is 24.0 Å². The van der Waals surface area contributed by atoms with Crippen LogP contribution in [-0.2, 0) is 6.54 Å². The molecule has 0 spiro atoms. The number of H-pyrrole nitrogens is 1. The molecule has 0 saturated carbocycles. The molecule has 2 heterocycles. The standard InChI is InChI=1S/C24H32N6.HI/c1-5-26-24(28-15-21(18(2)3)20-12-9-13-25-14-20)30(4)17-23-27-16-22(29-23)19-10-7-6-8-11-19;/h6-14,16,18,21H,5,15,17H2,1-4H3,(H,26,28)(H,27,29);1H. The lowest BCUT2D eigenvalue weighted by atomic mass is 9.89. The van der Waals surface area contributed by atoms with Crippen LogP contribution in [0.25, 0.3) is 11.3 Å². The van der Waals surface area contributed by atoms with Crippen LogP contribution in [0.1, 0.15) is 38.1 Å². The van der Waals surface area contributed by atoms with Crippen molar-refractivity contribution >= 4 is 29.9 Å². The van der Waals surface area contributed by atoms with E-state index in [1.54, 1.807) is 0 Å². The fourth-order valence-electron chi connectivity index (χ4n) is 3.46. The minimum absolute atomic E-state index is 0. The SMILES string of the molecule is CCNC(=NCC(c1cccnc1)C(C)C)N(C)Cc1ncc(-c2ccccc2)[nH]1.I. The molecule has 0 fully saturated rings. The molecule has 0 bridgehead atoms. The van der Waals surface area contributed by atoms with Gasteiger partial charge < -0.3 is 15.2 Å². The molecule has 0 aliphatic heterocycles. The van der Waals surface area contributed by atoms with E-state index in [9.17, 15) is 0 Å². The summed E-state index contributed by atoms with van der Waals surface area (Å²) in [5.41, 5.74) is 3.39. The summed E-state index contributed by atoms with van der Waals surface area (Å²) in [7, 11) is 2.04. The fraction of sp³-hybridized carbons (Fsp3) is 0.375. The third kappa shape index (κ3) is 7.05. The first-order valence-corrected chi connectivity index (χ1v) is 10.6. The van der Waals surface area contributed by atoms with Gasteiger partial charge >= 0.3 is 0 Å². The smallest absolute Gasteiger partial charge is 0.194 e. The molecule has 2 aromatic heterocycles. The number of halogens is 1. The number of benzene rings is 1. The van der Waals surface area contributed by atoms with E-state index in [-0.39, 0.29) is 24.0 Å².